The molecule has 10 rings (SSSR count). The van der Waals surface area contributed by atoms with Crippen LogP contribution in [0.25, 0.3) is 84.3 Å². The van der Waals surface area contributed by atoms with E-state index >= 15 is 0 Å². The minimum Gasteiger partial charge on any atom is -0.292 e. The summed E-state index contributed by atoms with van der Waals surface area (Å²) in [5.74, 6) is 2.56. The third-order valence-corrected chi connectivity index (χ3v) is 10.5. The van der Waals surface area contributed by atoms with E-state index in [1.54, 1.807) is 0 Å². The summed E-state index contributed by atoms with van der Waals surface area (Å²) in [6.07, 6.45) is 0. The number of nitrogens with zero attached hydrogens (tertiary/aromatic N) is 6. The van der Waals surface area contributed by atoms with Gasteiger partial charge in [0.25, 0.3) is 0 Å². The van der Waals surface area contributed by atoms with Gasteiger partial charge in [0.2, 0.25) is 0 Å². The van der Waals surface area contributed by atoms with Crippen molar-refractivity contribution < 1.29 is 0 Å². The topological polar surface area (TPSA) is 53.5 Å². The Morgan fingerprint density at radius 3 is 0.870 bits per heavy atom. The maximum atomic E-state index is 5.35. The summed E-state index contributed by atoms with van der Waals surface area (Å²) in [5.41, 5.74) is 15.6. The van der Waals surface area contributed by atoms with Crippen molar-refractivity contribution in [3.63, 3.8) is 0 Å². The molecule has 258 valence electrons. The molecule has 0 saturated carbocycles. The van der Waals surface area contributed by atoms with Gasteiger partial charge in [-0.25, -0.2) is 15.0 Å². The Balaban J connectivity index is 1.33. The van der Waals surface area contributed by atoms with Crippen LogP contribution in [0.4, 0.5) is 0 Å². The molecular formula is C48H36N6. The van der Waals surface area contributed by atoms with E-state index in [-0.39, 0.29) is 0 Å². The molecule has 0 aliphatic rings. The molecule has 3 aromatic heterocycles. The van der Waals surface area contributed by atoms with Crippen molar-refractivity contribution >= 4 is 33.1 Å². The summed E-state index contributed by atoms with van der Waals surface area (Å²) in [5, 5.41) is 0. The summed E-state index contributed by atoms with van der Waals surface area (Å²) in [6.45, 7) is 6.47. The van der Waals surface area contributed by atoms with Crippen molar-refractivity contribution in [1.82, 2.24) is 28.7 Å². The van der Waals surface area contributed by atoms with Crippen molar-refractivity contribution in [1.29, 1.82) is 0 Å². The standard InChI is InChI=1S/C48H36N6/c1-31-16-4-10-22-40(31)52-43-25-13-7-19-37(43)49-46(52)34-28-35(47-50-38-20-8-14-26-44(38)53(47)41-23-11-5-17-32(41)2)30-36(29-34)48-51-39-21-9-15-27-45(39)54(48)42-24-12-6-18-33(42)3/h4-30H,1-3H3. The fourth-order valence-electron chi connectivity index (χ4n) is 7.85. The molecule has 0 atom stereocenters. The van der Waals surface area contributed by atoms with Gasteiger partial charge in [-0.05, 0) is 110 Å². The minimum absolute atomic E-state index is 0.853. The zero-order valence-electron chi connectivity index (χ0n) is 30.3. The summed E-state index contributed by atoms with van der Waals surface area (Å²) >= 11 is 0. The van der Waals surface area contributed by atoms with Crippen LogP contribution in [0.5, 0.6) is 0 Å². The van der Waals surface area contributed by atoms with Gasteiger partial charge in [0, 0.05) is 16.7 Å². The Morgan fingerprint density at radius 1 is 0.315 bits per heavy atom. The monoisotopic (exact) mass is 696 g/mol. The molecular weight excluding hydrogens is 661 g/mol. The highest BCUT2D eigenvalue weighted by Gasteiger charge is 2.23. The molecule has 0 radical (unpaired) electrons. The average Bonchev–Trinajstić information content (AvgIpc) is 3.91. The van der Waals surface area contributed by atoms with Crippen LogP contribution in [-0.2, 0) is 0 Å². The van der Waals surface area contributed by atoms with E-state index < -0.39 is 0 Å². The highest BCUT2D eigenvalue weighted by Crippen LogP contribution is 2.39. The first-order chi connectivity index (χ1) is 26.5. The highest BCUT2D eigenvalue weighted by molar-refractivity contribution is 5.90. The molecule has 7 aromatic carbocycles. The first kappa shape index (κ1) is 31.7. The van der Waals surface area contributed by atoms with Crippen molar-refractivity contribution in [2.24, 2.45) is 0 Å². The molecule has 0 spiro atoms. The Bertz CT molecular complexity index is 2710. The van der Waals surface area contributed by atoms with Gasteiger partial charge in [0.05, 0.1) is 50.2 Å². The normalized spacial score (nSPS) is 11.6. The van der Waals surface area contributed by atoms with Gasteiger partial charge in [-0.15, -0.1) is 0 Å². The SMILES string of the molecule is Cc1ccccc1-n1c(-c2cc(-c3nc4ccccc4n3-c3ccccc3C)cc(-c3nc4ccccc4n3-c3ccccc3C)c2)nc2ccccc21. The van der Waals surface area contributed by atoms with E-state index in [4.69, 9.17) is 15.0 Å². The summed E-state index contributed by atoms with van der Waals surface area (Å²) < 4.78 is 6.88. The van der Waals surface area contributed by atoms with Crippen LogP contribution in [0.2, 0.25) is 0 Å². The third-order valence-electron chi connectivity index (χ3n) is 10.5. The van der Waals surface area contributed by atoms with Gasteiger partial charge in [0.1, 0.15) is 17.5 Å². The van der Waals surface area contributed by atoms with Gasteiger partial charge in [0.15, 0.2) is 0 Å². The minimum atomic E-state index is 0.853. The second-order valence-electron chi connectivity index (χ2n) is 13.9. The lowest BCUT2D eigenvalue weighted by Gasteiger charge is -2.17. The largest absolute Gasteiger partial charge is 0.292 e. The summed E-state index contributed by atoms with van der Waals surface area (Å²) in [7, 11) is 0. The molecule has 0 N–H and O–H groups in total. The van der Waals surface area contributed by atoms with Gasteiger partial charge in [-0.3, -0.25) is 13.7 Å². The molecule has 0 bridgehead atoms. The van der Waals surface area contributed by atoms with E-state index in [0.29, 0.717) is 0 Å². The fourth-order valence-corrected chi connectivity index (χ4v) is 7.85. The fraction of sp³-hybridized carbons (Fsp3) is 0.0625. The number of hydrogen-bond donors (Lipinski definition) is 0. The smallest absolute Gasteiger partial charge is 0.145 e. The molecule has 6 nitrogen and oxygen atoms in total. The molecule has 0 aliphatic carbocycles. The molecule has 3 heterocycles. The lowest BCUT2D eigenvalue weighted by molar-refractivity contribution is 1.07. The van der Waals surface area contributed by atoms with E-state index in [1.807, 2.05) is 0 Å². The van der Waals surface area contributed by atoms with Crippen LogP contribution in [0.1, 0.15) is 16.7 Å². The van der Waals surface area contributed by atoms with Crippen molar-refractivity contribution in [3.05, 3.63) is 180 Å². The zero-order chi connectivity index (χ0) is 36.3. The molecule has 54 heavy (non-hydrogen) atoms. The van der Waals surface area contributed by atoms with Gasteiger partial charge in [-0.1, -0.05) is 91.0 Å². The van der Waals surface area contributed by atoms with E-state index in [2.05, 4.69) is 198 Å². The van der Waals surface area contributed by atoms with Gasteiger partial charge in [-0.2, -0.15) is 0 Å². The van der Waals surface area contributed by atoms with Crippen molar-refractivity contribution in [2.75, 3.05) is 0 Å². The first-order valence-electron chi connectivity index (χ1n) is 18.3. The Hall–Kier alpha value is -7.05. The second-order valence-corrected chi connectivity index (χ2v) is 13.9. The lowest BCUT2D eigenvalue weighted by Crippen LogP contribution is -2.03. The second kappa shape index (κ2) is 12.6. The number of para-hydroxylation sites is 9. The van der Waals surface area contributed by atoms with Crippen molar-refractivity contribution in [3.8, 4) is 51.2 Å². The van der Waals surface area contributed by atoms with Crippen molar-refractivity contribution in [2.45, 2.75) is 20.8 Å². The molecule has 0 unspecified atom stereocenters. The maximum Gasteiger partial charge on any atom is 0.145 e. The van der Waals surface area contributed by atoms with Crippen LogP contribution >= 0.6 is 0 Å². The Morgan fingerprint density at radius 2 is 0.574 bits per heavy atom. The van der Waals surface area contributed by atoms with E-state index in [9.17, 15) is 0 Å². The summed E-state index contributed by atoms with van der Waals surface area (Å²) in [4.78, 5) is 16.1. The summed E-state index contributed by atoms with van der Waals surface area (Å²) in [6, 6.07) is 57.4. The van der Waals surface area contributed by atoms with Crippen LogP contribution in [0.15, 0.2) is 164 Å². The van der Waals surface area contributed by atoms with Crippen LogP contribution in [0.3, 0.4) is 0 Å². The first-order valence-corrected chi connectivity index (χ1v) is 18.3. The van der Waals surface area contributed by atoms with Crippen LogP contribution < -0.4 is 0 Å². The van der Waals surface area contributed by atoms with Gasteiger partial charge >= 0.3 is 0 Å². The molecule has 6 heteroatoms. The lowest BCUT2D eigenvalue weighted by atomic mass is 10.0. The number of imidazole rings is 3. The molecule has 10 aromatic rings. The van der Waals surface area contributed by atoms with Crippen LogP contribution in [-0.4, -0.2) is 28.7 Å². The number of aromatic nitrogens is 6. The number of fused-ring (bicyclic) bond motifs is 3. The molecule has 0 saturated heterocycles. The van der Waals surface area contributed by atoms with Gasteiger partial charge < -0.3 is 0 Å². The predicted octanol–water partition coefficient (Wildman–Crippen LogP) is 11.6. The number of hydrogen-bond acceptors (Lipinski definition) is 3. The maximum absolute atomic E-state index is 5.35. The molecule has 0 aliphatic heterocycles. The van der Waals surface area contributed by atoms with E-state index in [0.717, 1.165) is 84.3 Å². The number of benzene rings is 7. The molecule has 0 fully saturated rings. The number of aryl methyl sites for hydroxylation is 3. The zero-order valence-corrected chi connectivity index (χ0v) is 30.3. The number of rotatable bonds is 6. The third kappa shape index (κ3) is 5.06. The Kier molecular flexibility index (Phi) is 7.37. The van der Waals surface area contributed by atoms with Crippen LogP contribution in [0, 0.1) is 20.8 Å². The van der Waals surface area contributed by atoms with E-state index in [1.165, 1.54) is 16.7 Å². The highest BCUT2D eigenvalue weighted by atomic mass is 15.1. The molecule has 0 amide bonds. The Labute approximate surface area is 313 Å². The average molecular weight is 697 g/mol. The quantitative estimate of drug-likeness (QED) is 0.174. The predicted molar refractivity (Wildman–Crippen MR) is 221 cm³/mol.